The molecule has 0 saturated heterocycles. The van der Waals surface area contributed by atoms with Gasteiger partial charge in [0.25, 0.3) is 0 Å². The molecule has 1 atom stereocenters. The van der Waals surface area contributed by atoms with Crippen molar-refractivity contribution >= 4 is 11.0 Å². The highest BCUT2D eigenvalue weighted by Crippen LogP contribution is 2.29. The summed E-state index contributed by atoms with van der Waals surface area (Å²) in [6, 6.07) is 6.39. The second kappa shape index (κ2) is 6.48. The Kier molecular flexibility index (Phi) is 4.88. The first-order valence-corrected chi connectivity index (χ1v) is 7.84. The molecule has 0 spiro atoms. The highest BCUT2D eigenvalue weighted by Gasteiger charge is 2.20. The summed E-state index contributed by atoms with van der Waals surface area (Å²) in [5, 5.41) is 0. The average molecular weight is 289 g/mol. The lowest BCUT2D eigenvalue weighted by atomic mass is 10.0. The van der Waals surface area contributed by atoms with Gasteiger partial charge < -0.3 is 15.0 Å². The van der Waals surface area contributed by atoms with Crippen LogP contribution in [0.3, 0.4) is 0 Å². The molecule has 1 unspecified atom stereocenters. The van der Waals surface area contributed by atoms with Gasteiger partial charge in [-0.05, 0) is 45.2 Å². The van der Waals surface area contributed by atoms with Crippen molar-refractivity contribution in [3.63, 3.8) is 0 Å². The van der Waals surface area contributed by atoms with Gasteiger partial charge in [-0.3, -0.25) is 0 Å². The van der Waals surface area contributed by atoms with E-state index in [0.717, 1.165) is 29.0 Å². The van der Waals surface area contributed by atoms with Gasteiger partial charge in [0, 0.05) is 12.1 Å². The molecule has 4 nitrogen and oxygen atoms in total. The summed E-state index contributed by atoms with van der Waals surface area (Å²) in [5.41, 5.74) is 8.47. The highest BCUT2D eigenvalue weighted by atomic mass is 16.5. The second-order valence-electron chi connectivity index (χ2n) is 6.25. The molecular weight excluding hydrogens is 262 g/mol. The van der Waals surface area contributed by atoms with Gasteiger partial charge in [0.05, 0.1) is 23.7 Å². The van der Waals surface area contributed by atoms with Crippen molar-refractivity contribution in [2.24, 2.45) is 11.7 Å². The second-order valence-corrected chi connectivity index (χ2v) is 6.25. The van der Waals surface area contributed by atoms with E-state index < -0.39 is 0 Å². The summed E-state index contributed by atoms with van der Waals surface area (Å²) < 4.78 is 7.82. The van der Waals surface area contributed by atoms with Crippen molar-refractivity contribution in [3.05, 3.63) is 24.0 Å². The first-order valence-electron chi connectivity index (χ1n) is 7.84. The van der Waals surface area contributed by atoms with Gasteiger partial charge in [-0.15, -0.1) is 0 Å². The molecule has 2 aromatic rings. The van der Waals surface area contributed by atoms with E-state index in [9.17, 15) is 0 Å². The summed E-state index contributed by atoms with van der Waals surface area (Å²) in [5.74, 6) is 2.39. The lowest BCUT2D eigenvalue weighted by Gasteiger charge is -2.18. The number of rotatable bonds is 6. The van der Waals surface area contributed by atoms with E-state index in [-0.39, 0.29) is 6.04 Å². The molecule has 1 aromatic carbocycles. The molecular formula is C17H27N3O. The lowest BCUT2D eigenvalue weighted by molar-refractivity contribution is 0.340. The molecule has 0 aliphatic carbocycles. The van der Waals surface area contributed by atoms with Crippen LogP contribution in [0.2, 0.25) is 0 Å². The fraction of sp³-hybridized carbons (Fsp3) is 0.588. The van der Waals surface area contributed by atoms with Crippen molar-refractivity contribution in [2.75, 3.05) is 6.61 Å². The molecule has 0 bridgehead atoms. The van der Waals surface area contributed by atoms with E-state index in [1.165, 1.54) is 0 Å². The van der Waals surface area contributed by atoms with E-state index in [1.807, 2.05) is 19.1 Å². The molecule has 0 amide bonds. The predicted octanol–water partition coefficient (Wildman–Crippen LogP) is 4.06. The average Bonchev–Trinajstić information content (AvgIpc) is 2.77. The Bertz CT molecular complexity index is 601. The molecule has 0 aliphatic heterocycles. The fourth-order valence-electron chi connectivity index (χ4n) is 2.77. The number of ether oxygens (including phenoxy) is 1. The van der Waals surface area contributed by atoms with Gasteiger partial charge in [0.15, 0.2) is 0 Å². The molecule has 2 N–H and O–H groups in total. The zero-order valence-electron chi connectivity index (χ0n) is 13.8. The number of aromatic nitrogens is 2. The minimum absolute atomic E-state index is 0.0321. The van der Waals surface area contributed by atoms with Crippen LogP contribution in [-0.2, 0) is 0 Å². The van der Waals surface area contributed by atoms with Gasteiger partial charge in [0.1, 0.15) is 11.6 Å². The summed E-state index contributed by atoms with van der Waals surface area (Å²) in [6.07, 6.45) is 0.939. The van der Waals surface area contributed by atoms with Crippen LogP contribution in [0.5, 0.6) is 5.75 Å². The number of benzene rings is 1. The van der Waals surface area contributed by atoms with Gasteiger partial charge in [-0.1, -0.05) is 13.8 Å². The van der Waals surface area contributed by atoms with Gasteiger partial charge in [0.2, 0.25) is 0 Å². The predicted molar refractivity (Wildman–Crippen MR) is 87.7 cm³/mol. The summed E-state index contributed by atoms with van der Waals surface area (Å²) in [6.45, 7) is 11.4. The van der Waals surface area contributed by atoms with Gasteiger partial charge in [-0.25, -0.2) is 4.98 Å². The molecule has 1 aromatic heterocycles. The number of hydrogen-bond donors (Lipinski definition) is 1. The minimum Gasteiger partial charge on any atom is -0.494 e. The number of nitrogens with two attached hydrogens (primary N) is 1. The third-order valence-electron chi connectivity index (χ3n) is 3.57. The Balaban J connectivity index is 2.50. The molecule has 1 heterocycles. The Hall–Kier alpha value is -1.55. The standard InChI is InChI=1S/C17H27N3O/c1-6-21-13-7-8-16-15(10-13)19-17(20(16)12(4)5)14(18)9-11(2)3/h7-8,10-12,14H,6,9,18H2,1-5H3. The van der Waals surface area contributed by atoms with E-state index in [4.69, 9.17) is 15.5 Å². The van der Waals surface area contributed by atoms with Gasteiger partial charge >= 0.3 is 0 Å². The van der Waals surface area contributed by atoms with E-state index >= 15 is 0 Å². The van der Waals surface area contributed by atoms with Crippen LogP contribution in [0, 0.1) is 5.92 Å². The maximum absolute atomic E-state index is 6.38. The Morgan fingerprint density at radius 3 is 2.52 bits per heavy atom. The van der Waals surface area contributed by atoms with Crippen LogP contribution in [0.25, 0.3) is 11.0 Å². The molecule has 0 radical (unpaired) electrons. The third-order valence-corrected chi connectivity index (χ3v) is 3.57. The van der Waals surface area contributed by atoms with Crippen molar-refractivity contribution in [1.82, 2.24) is 9.55 Å². The summed E-state index contributed by atoms with van der Waals surface area (Å²) >= 11 is 0. The number of nitrogens with zero attached hydrogens (tertiary/aromatic N) is 2. The molecule has 116 valence electrons. The van der Waals surface area contributed by atoms with Crippen molar-refractivity contribution in [1.29, 1.82) is 0 Å². The van der Waals surface area contributed by atoms with E-state index in [0.29, 0.717) is 18.6 Å². The molecule has 0 saturated carbocycles. The summed E-state index contributed by atoms with van der Waals surface area (Å²) in [4.78, 5) is 4.79. The quantitative estimate of drug-likeness (QED) is 0.872. The molecule has 2 rings (SSSR count). The van der Waals surface area contributed by atoms with Crippen LogP contribution >= 0.6 is 0 Å². The van der Waals surface area contributed by atoms with Gasteiger partial charge in [-0.2, -0.15) is 0 Å². The van der Waals surface area contributed by atoms with Crippen molar-refractivity contribution in [2.45, 2.75) is 53.1 Å². The number of imidazole rings is 1. The van der Waals surface area contributed by atoms with Crippen LogP contribution < -0.4 is 10.5 Å². The highest BCUT2D eigenvalue weighted by molar-refractivity contribution is 5.78. The van der Waals surface area contributed by atoms with Crippen LogP contribution in [0.4, 0.5) is 0 Å². The van der Waals surface area contributed by atoms with Crippen LogP contribution in [0.1, 0.15) is 58.9 Å². The smallest absolute Gasteiger partial charge is 0.127 e. The maximum Gasteiger partial charge on any atom is 0.127 e. The first-order chi connectivity index (χ1) is 9.93. The largest absolute Gasteiger partial charge is 0.494 e. The zero-order chi connectivity index (χ0) is 15.6. The molecule has 21 heavy (non-hydrogen) atoms. The SMILES string of the molecule is CCOc1ccc2c(c1)nc(C(N)CC(C)C)n2C(C)C. The van der Waals surface area contributed by atoms with Crippen LogP contribution in [-0.4, -0.2) is 16.2 Å². The normalized spacial score (nSPS) is 13.3. The lowest BCUT2D eigenvalue weighted by Crippen LogP contribution is -2.19. The number of fused-ring (bicyclic) bond motifs is 1. The Morgan fingerprint density at radius 2 is 1.95 bits per heavy atom. The maximum atomic E-state index is 6.38. The van der Waals surface area contributed by atoms with E-state index in [2.05, 4.69) is 38.3 Å². The monoisotopic (exact) mass is 289 g/mol. The Labute approximate surface area is 127 Å². The molecule has 0 fully saturated rings. The van der Waals surface area contributed by atoms with Crippen molar-refractivity contribution < 1.29 is 4.74 Å². The minimum atomic E-state index is -0.0321. The molecule has 0 aliphatic rings. The Morgan fingerprint density at radius 1 is 1.24 bits per heavy atom. The first kappa shape index (κ1) is 15.8. The van der Waals surface area contributed by atoms with E-state index in [1.54, 1.807) is 0 Å². The third kappa shape index (κ3) is 3.38. The number of hydrogen-bond acceptors (Lipinski definition) is 3. The van der Waals surface area contributed by atoms with Crippen LogP contribution in [0.15, 0.2) is 18.2 Å². The zero-order valence-corrected chi connectivity index (χ0v) is 13.8. The van der Waals surface area contributed by atoms with Crippen molar-refractivity contribution in [3.8, 4) is 5.75 Å². The topological polar surface area (TPSA) is 53.1 Å². The molecule has 4 heteroatoms. The fourth-order valence-corrected chi connectivity index (χ4v) is 2.77. The summed E-state index contributed by atoms with van der Waals surface area (Å²) in [7, 11) is 0.